The van der Waals surface area contributed by atoms with Crippen molar-refractivity contribution < 1.29 is 19.0 Å². The van der Waals surface area contributed by atoms with E-state index < -0.39 is 5.91 Å². The molecule has 8 nitrogen and oxygen atoms in total. The van der Waals surface area contributed by atoms with Crippen LogP contribution < -0.4 is 19.5 Å². The fourth-order valence-corrected chi connectivity index (χ4v) is 4.41. The van der Waals surface area contributed by atoms with Gasteiger partial charge in [-0.25, -0.2) is 0 Å². The summed E-state index contributed by atoms with van der Waals surface area (Å²) in [5, 5.41) is 21.3. The largest absolute Gasteiger partial charge is 0.493 e. The number of ether oxygens (including phenoxy) is 3. The van der Waals surface area contributed by atoms with Gasteiger partial charge in [0.1, 0.15) is 35.6 Å². The van der Waals surface area contributed by atoms with Gasteiger partial charge in [-0.2, -0.15) is 5.26 Å². The van der Waals surface area contributed by atoms with Gasteiger partial charge in [0, 0.05) is 5.56 Å². The summed E-state index contributed by atoms with van der Waals surface area (Å²) in [7, 11) is 1.53. The molecule has 1 amide bonds. The van der Waals surface area contributed by atoms with Crippen molar-refractivity contribution in [3.05, 3.63) is 89.0 Å². The normalized spacial score (nSPS) is 10.9. The molecule has 9 heteroatoms. The number of methoxy groups -OCH3 is 1. The van der Waals surface area contributed by atoms with Crippen molar-refractivity contribution in [1.82, 2.24) is 10.2 Å². The fourth-order valence-electron chi connectivity index (χ4n) is 3.67. The monoisotopic (exact) mass is 526 g/mol. The van der Waals surface area contributed by atoms with Crippen LogP contribution in [0.5, 0.6) is 17.2 Å². The van der Waals surface area contributed by atoms with Crippen LogP contribution in [0.1, 0.15) is 16.7 Å². The summed E-state index contributed by atoms with van der Waals surface area (Å²) in [5.41, 5.74) is 3.56. The van der Waals surface area contributed by atoms with E-state index in [2.05, 4.69) is 15.5 Å². The molecule has 192 valence electrons. The highest BCUT2D eigenvalue weighted by atomic mass is 32.1. The summed E-state index contributed by atoms with van der Waals surface area (Å²) in [6.45, 7) is 4.69. The number of nitrogens with zero attached hydrogens (tertiary/aromatic N) is 3. The second kappa shape index (κ2) is 12.5. The van der Waals surface area contributed by atoms with Crippen LogP contribution in [0.3, 0.4) is 0 Å². The van der Waals surface area contributed by atoms with Crippen LogP contribution in [-0.4, -0.2) is 36.4 Å². The molecule has 1 aromatic heterocycles. The first-order chi connectivity index (χ1) is 18.5. The molecule has 0 radical (unpaired) electrons. The Balaban J connectivity index is 1.39. The van der Waals surface area contributed by atoms with Crippen LogP contribution in [0.4, 0.5) is 5.13 Å². The molecule has 0 bridgehead atoms. The lowest BCUT2D eigenvalue weighted by atomic mass is 10.1. The predicted molar refractivity (Wildman–Crippen MR) is 147 cm³/mol. The van der Waals surface area contributed by atoms with Crippen LogP contribution in [0.2, 0.25) is 0 Å². The van der Waals surface area contributed by atoms with Gasteiger partial charge in [0.15, 0.2) is 11.5 Å². The van der Waals surface area contributed by atoms with Crippen LogP contribution in [0, 0.1) is 25.2 Å². The van der Waals surface area contributed by atoms with Gasteiger partial charge in [0.05, 0.1) is 7.11 Å². The van der Waals surface area contributed by atoms with Crippen molar-refractivity contribution in [3.8, 4) is 33.9 Å². The maximum absolute atomic E-state index is 12.7. The molecule has 0 saturated heterocycles. The van der Waals surface area contributed by atoms with Crippen molar-refractivity contribution in [1.29, 1.82) is 5.26 Å². The molecule has 0 aliphatic heterocycles. The number of hydrogen-bond donors (Lipinski definition) is 1. The Hall–Kier alpha value is -4.68. The van der Waals surface area contributed by atoms with E-state index in [1.54, 1.807) is 18.2 Å². The quantitative estimate of drug-likeness (QED) is 0.157. The summed E-state index contributed by atoms with van der Waals surface area (Å²) in [4.78, 5) is 12.7. The van der Waals surface area contributed by atoms with E-state index in [1.165, 1.54) is 24.5 Å². The molecule has 38 heavy (non-hydrogen) atoms. The van der Waals surface area contributed by atoms with E-state index in [9.17, 15) is 10.1 Å². The Bertz CT molecular complexity index is 1470. The Morgan fingerprint density at radius 3 is 2.42 bits per heavy atom. The van der Waals surface area contributed by atoms with E-state index in [0.29, 0.717) is 40.4 Å². The van der Waals surface area contributed by atoms with Crippen LogP contribution in [-0.2, 0) is 4.79 Å². The first-order valence-corrected chi connectivity index (χ1v) is 12.6. The Morgan fingerprint density at radius 1 is 0.974 bits per heavy atom. The van der Waals surface area contributed by atoms with Crippen molar-refractivity contribution >= 4 is 28.5 Å². The van der Waals surface area contributed by atoms with Gasteiger partial charge < -0.3 is 14.2 Å². The van der Waals surface area contributed by atoms with Crippen molar-refractivity contribution in [2.24, 2.45) is 0 Å². The number of nitrogens with one attached hydrogen (secondary N) is 1. The van der Waals surface area contributed by atoms with Crippen LogP contribution >= 0.6 is 11.3 Å². The summed E-state index contributed by atoms with van der Waals surface area (Å²) < 4.78 is 17.2. The predicted octanol–water partition coefficient (Wildman–Crippen LogP) is 5.83. The zero-order chi connectivity index (χ0) is 26.9. The SMILES string of the molecule is COc1cc(C=C(C#N)C(=O)Nc2nnc(-c3ccccc3)s2)ccc1OCCOc1c(C)cccc1C. The van der Waals surface area contributed by atoms with Gasteiger partial charge in [-0.3, -0.25) is 10.1 Å². The van der Waals surface area contributed by atoms with Gasteiger partial charge in [0.2, 0.25) is 5.13 Å². The number of carbonyl (C=O) groups is 1. The molecular formula is C29H26N4O4S. The average Bonchev–Trinajstić information content (AvgIpc) is 3.40. The van der Waals surface area contributed by atoms with Gasteiger partial charge >= 0.3 is 0 Å². The fraction of sp³-hybridized carbons (Fsp3) is 0.172. The minimum Gasteiger partial charge on any atom is -0.493 e. The number of anilines is 1. The summed E-state index contributed by atoms with van der Waals surface area (Å²) >= 11 is 1.23. The topological polar surface area (TPSA) is 106 Å². The number of para-hydroxylation sites is 1. The number of rotatable bonds is 10. The minimum absolute atomic E-state index is 0.0841. The van der Waals surface area contributed by atoms with Gasteiger partial charge in [-0.1, -0.05) is 65.9 Å². The summed E-state index contributed by atoms with van der Waals surface area (Å²) in [5.74, 6) is 1.28. The standard InChI is InChI=1S/C29H26N4O4S/c1-19-8-7-9-20(2)26(19)37-15-14-36-24-13-12-21(17-25(24)35-3)16-23(18-30)27(34)31-29-33-32-28(38-29)22-10-5-4-6-11-22/h4-13,16-17H,14-15H2,1-3H3,(H,31,33,34). The van der Waals surface area contributed by atoms with E-state index in [0.717, 1.165) is 22.4 Å². The van der Waals surface area contributed by atoms with Gasteiger partial charge in [0.25, 0.3) is 5.91 Å². The average molecular weight is 527 g/mol. The molecule has 0 aliphatic carbocycles. The highest BCUT2D eigenvalue weighted by Crippen LogP contribution is 2.30. The zero-order valence-electron chi connectivity index (χ0n) is 21.2. The third-order valence-corrected chi connectivity index (χ3v) is 6.41. The molecule has 0 fully saturated rings. The first kappa shape index (κ1) is 26.4. The smallest absolute Gasteiger partial charge is 0.268 e. The molecule has 1 N–H and O–H groups in total. The number of aryl methyl sites for hydroxylation is 2. The van der Waals surface area contributed by atoms with Gasteiger partial charge in [-0.15, -0.1) is 10.2 Å². The van der Waals surface area contributed by atoms with Crippen molar-refractivity contribution in [2.75, 3.05) is 25.6 Å². The Labute approximate surface area is 225 Å². The molecule has 3 aromatic carbocycles. The number of aromatic nitrogens is 2. The van der Waals surface area contributed by atoms with Crippen LogP contribution in [0.15, 0.2) is 72.3 Å². The van der Waals surface area contributed by atoms with E-state index in [4.69, 9.17) is 14.2 Å². The van der Waals surface area contributed by atoms with Crippen molar-refractivity contribution in [2.45, 2.75) is 13.8 Å². The van der Waals surface area contributed by atoms with E-state index in [1.807, 2.05) is 68.4 Å². The molecule has 0 atom stereocenters. The highest BCUT2D eigenvalue weighted by molar-refractivity contribution is 7.18. The highest BCUT2D eigenvalue weighted by Gasteiger charge is 2.14. The lowest BCUT2D eigenvalue weighted by Gasteiger charge is -2.14. The number of hydrogen-bond acceptors (Lipinski definition) is 8. The molecule has 0 spiro atoms. The Morgan fingerprint density at radius 2 is 1.71 bits per heavy atom. The maximum Gasteiger partial charge on any atom is 0.268 e. The molecule has 1 heterocycles. The molecule has 0 unspecified atom stereocenters. The van der Waals surface area contributed by atoms with Gasteiger partial charge in [-0.05, 0) is 48.7 Å². The third-order valence-electron chi connectivity index (χ3n) is 5.53. The Kier molecular flexibility index (Phi) is 8.69. The number of amides is 1. The second-order valence-corrected chi connectivity index (χ2v) is 9.21. The maximum atomic E-state index is 12.7. The number of nitriles is 1. The second-order valence-electron chi connectivity index (χ2n) is 8.23. The molecule has 4 rings (SSSR count). The van der Waals surface area contributed by atoms with Crippen molar-refractivity contribution in [3.63, 3.8) is 0 Å². The molecule has 4 aromatic rings. The third kappa shape index (κ3) is 6.55. The lowest BCUT2D eigenvalue weighted by molar-refractivity contribution is -0.112. The molecular weight excluding hydrogens is 500 g/mol. The number of carbonyl (C=O) groups excluding carboxylic acids is 1. The van der Waals surface area contributed by atoms with E-state index in [-0.39, 0.29) is 5.57 Å². The van der Waals surface area contributed by atoms with Crippen LogP contribution in [0.25, 0.3) is 16.6 Å². The van der Waals surface area contributed by atoms with E-state index >= 15 is 0 Å². The molecule has 0 aliphatic rings. The lowest BCUT2D eigenvalue weighted by Crippen LogP contribution is -2.13. The number of benzene rings is 3. The zero-order valence-corrected chi connectivity index (χ0v) is 22.0. The molecule has 0 saturated carbocycles. The minimum atomic E-state index is -0.578. The summed E-state index contributed by atoms with van der Waals surface area (Å²) in [6.07, 6.45) is 1.48. The first-order valence-electron chi connectivity index (χ1n) is 11.8. The summed E-state index contributed by atoms with van der Waals surface area (Å²) in [6, 6.07) is 22.6.